The smallest absolute Gasteiger partial charge is 0.158 e. The van der Waals surface area contributed by atoms with Gasteiger partial charge >= 0.3 is 0 Å². The normalized spacial score (nSPS) is 10.5. The second-order valence-corrected chi connectivity index (χ2v) is 3.78. The van der Waals surface area contributed by atoms with Crippen LogP contribution in [0.15, 0.2) is 6.07 Å². The van der Waals surface area contributed by atoms with Gasteiger partial charge < -0.3 is 25.2 Å². The highest BCUT2D eigenvalue weighted by atomic mass is 16.5. The van der Waals surface area contributed by atoms with Gasteiger partial charge in [-0.1, -0.05) is 0 Å². The summed E-state index contributed by atoms with van der Waals surface area (Å²) >= 11 is 0. The maximum absolute atomic E-state index is 8.59. The van der Waals surface area contributed by atoms with Crippen molar-refractivity contribution in [3.8, 4) is 0 Å². The van der Waals surface area contributed by atoms with Gasteiger partial charge in [0.05, 0.1) is 19.8 Å². The van der Waals surface area contributed by atoms with E-state index in [4.69, 9.17) is 14.6 Å². The summed E-state index contributed by atoms with van der Waals surface area (Å²) in [4.78, 5) is 8.65. The molecule has 0 aliphatic rings. The van der Waals surface area contributed by atoms with Gasteiger partial charge in [-0.05, 0) is 6.92 Å². The first kappa shape index (κ1) is 15.6. The Bertz CT molecular complexity index is 339. The Hall–Kier alpha value is -1.44. The molecule has 1 aromatic heterocycles. The van der Waals surface area contributed by atoms with Crippen molar-refractivity contribution < 1.29 is 14.6 Å². The molecule has 0 aliphatic heterocycles. The minimum absolute atomic E-state index is 0.0378. The van der Waals surface area contributed by atoms with Crippen molar-refractivity contribution in [3.05, 3.63) is 11.9 Å². The molecule has 19 heavy (non-hydrogen) atoms. The van der Waals surface area contributed by atoms with Crippen LogP contribution in [0.4, 0.5) is 11.6 Å². The summed E-state index contributed by atoms with van der Waals surface area (Å²) in [5.74, 6) is 2.12. The summed E-state index contributed by atoms with van der Waals surface area (Å²) in [5.41, 5.74) is 0. The molecule has 0 saturated carbocycles. The van der Waals surface area contributed by atoms with Gasteiger partial charge in [-0.2, -0.15) is 0 Å². The van der Waals surface area contributed by atoms with E-state index in [9.17, 15) is 0 Å². The third-order valence-corrected chi connectivity index (χ3v) is 2.19. The molecule has 0 saturated heterocycles. The third kappa shape index (κ3) is 6.32. The maximum atomic E-state index is 8.59. The molecule has 1 heterocycles. The van der Waals surface area contributed by atoms with Crippen molar-refractivity contribution in [2.75, 3.05) is 50.7 Å². The Labute approximate surface area is 113 Å². The van der Waals surface area contributed by atoms with Gasteiger partial charge in [0.25, 0.3) is 0 Å². The van der Waals surface area contributed by atoms with Crippen LogP contribution in [-0.2, 0) is 16.1 Å². The number of ether oxygens (including phenoxy) is 2. The number of aromatic nitrogens is 2. The molecule has 1 aromatic rings. The summed E-state index contributed by atoms with van der Waals surface area (Å²) < 4.78 is 10.2. The molecule has 0 bridgehead atoms. The molecule has 0 atom stereocenters. The summed E-state index contributed by atoms with van der Waals surface area (Å²) in [7, 11) is 1.61. The number of aliphatic hydroxyl groups is 1. The molecule has 1 rings (SSSR count). The van der Waals surface area contributed by atoms with Crippen molar-refractivity contribution in [2.45, 2.75) is 13.5 Å². The summed E-state index contributed by atoms with van der Waals surface area (Å²) in [6.07, 6.45) is 0. The van der Waals surface area contributed by atoms with Crippen LogP contribution < -0.4 is 10.6 Å². The molecule has 7 nitrogen and oxygen atoms in total. The summed E-state index contributed by atoms with van der Waals surface area (Å²) in [6, 6.07) is 1.84. The van der Waals surface area contributed by atoms with Crippen molar-refractivity contribution in [1.29, 1.82) is 0 Å². The molecule has 0 aliphatic carbocycles. The third-order valence-electron chi connectivity index (χ3n) is 2.19. The predicted molar refractivity (Wildman–Crippen MR) is 73.3 cm³/mol. The van der Waals surface area contributed by atoms with Crippen molar-refractivity contribution in [1.82, 2.24) is 9.97 Å². The van der Waals surface area contributed by atoms with Crippen LogP contribution in [0.2, 0.25) is 0 Å². The van der Waals surface area contributed by atoms with Crippen LogP contribution in [0.3, 0.4) is 0 Å². The Morgan fingerprint density at radius 3 is 2.58 bits per heavy atom. The molecule has 3 N–H and O–H groups in total. The number of nitrogens with zero attached hydrogens (tertiary/aromatic N) is 2. The van der Waals surface area contributed by atoms with Gasteiger partial charge in [-0.25, -0.2) is 9.97 Å². The molecule has 0 spiro atoms. The lowest BCUT2D eigenvalue weighted by Crippen LogP contribution is -2.14. The van der Waals surface area contributed by atoms with Crippen molar-refractivity contribution >= 4 is 11.6 Å². The Balaban J connectivity index is 2.54. The molecule has 0 radical (unpaired) electrons. The first-order valence-corrected chi connectivity index (χ1v) is 6.33. The number of hydrogen-bond donors (Lipinski definition) is 3. The standard InChI is InChI=1S/C12H22N4O3/c1-3-13-10-8-11(14-4-6-19-7-5-17)16-12(15-10)9-18-2/h8,17H,3-7,9H2,1-2H3,(H2,13,14,15,16). The minimum atomic E-state index is 0.0378. The van der Waals surface area contributed by atoms with Gasteiger partial charge in [0.2, 0.25) is 0 Å². The fourth-order valence-corrected chi connectivity index (χ4v) is 1.47. The van der Waals surface area contributed by atoms with Gasteiger partial charge in [0.15, 0.2) is 5.82 Å². The van der Waals surface area contributed by atoms with Crippen LogP contribution in [0, 0.1) is 0 Å². The van der Waals surface area contributed by atoms with E-state index in [-0.39, 0.29) is 6.61 Å². The average Bonchev–Trinajstić information content (AvgIpc) is 2.39. The van der Waals surface area contributed by atoms with E-state index < -0.39 is 0 Å². The second kappa shape index (κ2) is 9.48. The van der Waals surface area contributed by atoms with E-state index >= 15 is 0 Å². The van der Waals surface area contributed by atoms with Gasteiger partial charge in [0.1, 0.15) is 18.2 Å². The molecule has 0 unspecified atom stereocenters. The van der Waals surface area contributed by atoms with Gasteiger partial charge in [-0.15, -0.1) is 0 Å². The van der Waals surface area contributed by atoms with Crippen LogP contribution in [0.1, 0.15) is 12.7 Å². The maximum Gasteiger partial charge on any atom is 0.158 e. The van der Waals surface area contributed by atoms with Gasteiger partial charge in [0, 0.05) is 26.3 Å². The number of anilines is 2. The van der Waals surface area contributed by atoms with Crippen LogP contribution in [0.5, 0.6) is 0 Å². The fourth-order valence-electron chi connectivity index (χ4n) is 1.47. The quantitative estimate of drug-likeness (QED) is 0.533. The topological polar surface area (TPSA) is 88.5 Å². The fraction of sp³-hybridized carbons (Fsp3) is 0.667. The molecule has 0 amide bonds. The first-order chi connectivity index (χ1) is 9.30. The van der Waals surface area contributed by atoms with E-state index in [2.05, 4.69) is 20.6 Å². The lowest BCUT2D eigenvalue weighted by molar-refractivity contribution is 0.0992. The zero-order valence-corrected chi connectivity index (χ0v) is 11.5. The average molecular weight is 270 g/mol. The highest BCUT2D eigenvalue weighted by Gasteiger charge is 2.03. The Morgan fingerprint density at radius 1 is 1.21 bits per heavy atom. The van der Waals surface area contributed by atoms with E-state index in [1.807, 2.05) is 13.0 Å². The van der Waals surface area contributed by atoms with Crippen LogP contribution in [-0.4, -0.2) is 55.1 Å². The molecule has 108 valence electrons. The zero-order chi connectivity index (χ0) is 13.9. The SMILES string of the molecule is CCNc1cc(NCCOCCO)nc(COC)n1. The number of rotatable bonds is 10. The number of nitrogens with one attached hydrogen (secondary N) is 2. The molecular weight excluding hydrogens is 248 g/mol. The minimum Gasteiger partial charge on any atom is -0.394 e. The Morgan fingerprint density at radius 2 is 1.95 bits per heavy atom. The largest absolute Gasteiger partial charge is 0.394 e. The molecular formula is C12H22N4O3. The van der Waals surface area contributed by atoms with Gasteiger partial charge in [-0.3, -0.25) is 0 Å². The second-order valence-electron chi connectivity index (χ2n) is 3.78. The monoisotopic (exact) mass is 270 g/mol. The number of hydrogen-bond acceptors (Lipinski definition) is 7. The molecule has 0 fully saturated rings. The highest BCUT2D eigenvalue weighted by molar-refractivity contribution is 5.47. The van der Waals surface area contributed by atoms with Crippen molar-refractivity contribution in [3.63, 3.8) is 0 Å². The van der Waals surface area contributed by atoms with Crippen LogP contribution in [0.25, 0.3) is 0 Å². The predicted octanol–water partition coefficient (Wildman–Crippen LogP) is 0.476. The van der Waals surface area contributed by atoms with Crippen molar-refractivity contribution in [2.24, 2.45) is 0 Å². The first-order valence-electron chi connectivity index (χ1n) is 6.33. The molecule has 0 aromatic carbocycles. The van der Waals surface area contributed by atoms with Crippen LogP contribution >= 0.6 is 0 Å². The zero-order valence-electron chi connectivity index (χ0n) is 11.5. The van der Waals surface area contributed by atoms with E-state index in [1.54, 1.807) is 7.11 Å². The number of methoxy groups -OCH3 is 1. The lowest BCUT2D eigenvalue weighted by atomic mass is 10.4. The molecule has 7 heteroatoms. The Kier molecular flexibility index (Phi) is 7.80. The van der Waals surface area contributed by atoms with E-state index in [0.717, 1.165) is 18.2 Å². The lowest BCUT2D eigenvalue weighted by Gasteiger charge is -2.10. The highest BCUT2D eigenvalue weighted by Crippen LogP contribution is 2.11. The summed E-state index contributed by atoms with van der Waals surface area (Å²) in [5, 5.41) is 14.9. The van der Waals surface area contributed by atoms with E-state index in [0.29, 0.717) is 32.2 Å². The van der Waals surface area contributed by atoms with E-state index in [1.165, 1.54) is 0 Å². The summed E-state index contributed by atoms with van der Waals surface area (Å²) in [6.45, 7) is 4.69. The number of aliphatic hydroxyl groups excluding tert-OH is 1.